The van der Waals surface area contributed by atoms with E-state index in [-0.39, 0.29) is 12.7 Å². The molecule has 1 aromatic heterocycles. The Bertz CT molecular complexity index is 580. The number of ether oxygens (including phenoxy) is 2. The Morgan fingerprint density at radius 2 is 2.21 bits per heavy atom. The van der Waals surface area contributed by atoms with Crippen molar-refractivity contribution in [2.45, 2.75) is 6.42 Å². The van der Waals surface area contributed by atoms with Crippen LogP contribution in [0.2, 0.25) is 0 Å². The van der Waals surface area contributed by atoms with Gasteiger partial charge in [0.15, 0.2) is 17.9 Å². The summed E-state index contributed by atoms with van der Waals surface area (Å²) in [5.41, 5.74) is 1.36. The molecule has 0 radical (unpaired) electrons. The van der Waals surface area contributed by atoms with Crippen molar-refractivity contribution in [1.82, 2.24) is 10.3 Å². The molecular weight excluding hydrogens is 248 g/mol. The zero-order valence-electron chi connectivity index (χ0n) is 10.1. The topological polar surface area (TPSA) is 73.6 Å². The van der Waals surface area contributed by atoms with E-state index in [1.54, 1.807) is 24.5 Å². The fraction of sp³-hybridized carbons (Fsp3) is 0.231. The average molecular weight is 260 g/mol. The summed E-state index contributed by atoms with van der Waals surface area (Å²) >= 11 is 0. The standard InChI is InChI=1S/C13H12N2O4/c16-13(14-4-3-10-6-17-7-15-10)9-1-2-11-12(5-9)19-8-18-11/h1-2,5-7H,3-4,8H2,(H,14,16). The van der Waals surface area contributed by atoms with E-state index in [2.05, 4.69) is 10.3 Å². The summed E-state index contributed by atoms with van der Waals surface area (Å²) < 4.78 is 15.3. The van der Waals surface area contributed by atoms with Crippen LogP contribution in [-0.2, 0) is 6.42 Å². The number of nitrogens with zero attached hydrogens (tertiary/aromatic N) is 1. The first-order chi connectivity index (χ1) is 9.33. The molecule has 0 spiro atoms. The third-order valence-electron chi connectivity index (χ3n) is 2.78. The molecule has 0 atom stereocenters. The van der Waals surface area contributed by atoms with Crippen molar-refractivity contribution in [2.24, 2.45) is 0 Å². The van der Waals surface area contributed by atoms with Gasteiger partial charge < -0.3 is 19.2 Å². The van der Waals surface area contributed by atoms with E-state index in [1.165, 1.54) is 6.39 Å². The third kappa shape index (κ3) is 2.52. The summed E-state index contributed by atoms with van der Waals surface area (Å²) in [6, 6.07) is 5.11. The minimum Gasteiger partial charge on any atom is -0.454 e. The number of carbonyl (C=O) groups excluding carboxylic acids is 1. The van der Waals surface area contributed by atoms with Gasteiger partial charge in [0.05, 0.1) is 5.69 Å². The summed E-state index contributed by atoms with van der Waals surface area (Å²) in [4.78, 5) is 15.9. The third-order valence-corrected chi connectivity index (χ3v) is 2.78. The molecular formula is C13H12N2O4. The van der Waals surface area contributed by atoms with Crippen LogP contribution in [-0.4, -0.2) is 24.2 Å². The molecule has 98 valence electrons. The Hall–Kier alpha value is -2.50. The smallest absolute Gasteiger partial charge is 0.251 e. The van der Waals surface area contributed by atoms with Crippen molar-refractivity contribution in [3.8, 4) is 11.5 Å². The highest BCUT2D eigenvalue weighted by Crippen LogP contribution is 2.32. The Kier molecular flexibility index (Phi) is 3.06. The van der Waals surface area contributed by atoms with Gasteiger partial charge in [-0.1, -0.05) is 0 Å². The largest absolute Gasteiger partial charge is 0.454 e. The zero-order chi connectivity index (χ0) is 13.1. The molecule has 0 bridgehead atoms. The number of hydrogen-bond donors (Lipinski definition) is 1. The van der Waals surface area contributed by atoms with Crippen LogP contribution in [0, 0.1) is 0 Å². The first-order valence-corrected chi connectivity index (χ1v) is 5.88. The molecule has 2 aromatic rings. The summed E-state index contributed by atoms with van der Waals surface area (Å²) in [5.74, 6) is 1.12. The summed E-state index contributed by atoms with van der Waals surface area (Å²) in [6.07, 6.45) is 3.56. The Labute approximate surface area is 109 Å². The second-order valence-corrected chi connectivity index (χ2v) is 4.05. The molecule has 1 aromatic carbocycles. The molecule has 0 saturated heterocycles. The van der Waals surface area contributed by atoms with Crippen molar-refractivity contribution in [3.05, 3.63) is 42.1 Å². The van der Waals surface area contributed by atoms with E-state index in [0.717, 1.165) is 5.69 Å². The van der Waals surface area contributed by atoms with Crippen LogP contribution in [0.1, 0.15) is 16.1 Å². The number of benzene rings is 1. The fourth-order valence-corrected chi connectivity index (χ4v) is 1.80. The molecule has 0 saturated carbocycles. The number of oxazole rings is 1. The van der Waals surface area contributed by atoms with Gasteiger partial charge in [-0.3, -0.25) is 4.79 Å². The van der Waals surface area contributed by atoms with Crippen LogP contribution in [0.3, 0.4) is 0 Å². The second-order valence-electron chi connectivity index (χ2n) is 4.05. The SMILES string of the molecule is O=C(NCCc1cocn1)c1ccc2c(c1)OCO2. The van der Waals surface area contributed by atoms with Crippen LogP contribution in [0.25, 0.3) is 0 Å². The minimum atomic E-state index is -0.151. The van der Waals surface area contributed by atoms with Gasteiger partial charge in [-0.05, 0) is 18.2 Å². The van der Waals surface area contributed by atoms with Gasteiger partial charge in [0.2, 0.25) is 6.79 Å². The van der Waals surface area contributed by atoms with Crippen molar-refractivity contribution in [2.75, 3.05) is 13.3 Å². The minimum absolute atomic E-state index is 0.151. The van der Waals surface area contributed by atoms with E-state index in [4.69, 9.17) is 13.9 Å². The number of fused-ring (bicyclic) bond motifs is 1. The van der Waals surface area contributed by atoms with Crippen LogP contribution < -0.4 is 14.8 Å². The second kappa shape index (κ2) is 5.01. The number of aromatic nitrogens is 1. The fourth-order valence-electron chi connectivity index (χ4n) is 1.80. The van der Waals surface area contributed by atoms with Gasteiger partial charge in [0.1, 0.15) is 6.26 Å². The summed E-state index contributed by atoms with van der Waals surface area (Å²) in [5, 5.41) is 2.81. The molecule has 0 fully saturated rings. The lowest BCUT2D eigenvalue weighted by Crippen LogP contribution is -2.25. The number of amides is 1. The van der Waals surface area contributed by atoms with Crippen LogP contribution >= 0.6 is 0 Å². The molecule has 1 aliphatic heterocycles. The molecule has 0 unspecified atom stereocenters. The van der Waals surface area contributed by atoms with Crippen molar-refractivity contribution in [1.29, 1.82) is 0 Å². The molecule has 19 heavy (non-hydrogen) atoms. The van der Waals surface area contributed by atoms with Gasteiger partial charge in [-0.25, -0.2) is 4.98 Å². The van der Waals surface area contributed by atoms with Gasteiger partial charge in [0.25, 0.3) is 5.91 Å². The van der Waals surface area contributed by atoms with E-state index in [1.807, 2.05) is 0 Å². The predicted octanol–water partition coefficient (Wildman–Crippen LogP) is 1.38. The first kappa shape index (κ1) is 11.6. The first-order valence-electron chi connectivity index (χ1n) is 5.88. The maximum Gasteiger partial charge on any atom is 0.251 e. The molecule has 6 nitrogen and oxygen atoms in total. The highest BCUT2D eigenvalue weighted by Gasteiger charge is 2.15. The van der Waals surface area contributed by atoms with Gasteiger partial charge >= 0.3 is 0 Å². The molecule has 0 aliphatic carbocycles. The monoisotopic (exact) mass is 260 g/mol. The Morgan fingerprint density at radius 1 is 1.32 bits per heavy atom. The quantitative estimate of drug-likeness (QED) is 0.898. The van der Waals surface area contributed by atoms with Gasteiger partial charge in [-0.15, -0.1) is 0 Å². The predicted molar refractivity (Wildman–Crippen MR) is 65.1 cm³/mol. The average Bonchev–Trinajstić information content (AvgIpc) is 3.08. The van der Waals surface area contributed by atoms with Crippen molar-refractivity contribution >= 4 is 5.91 Å². The van der Waals surface area contributed by atoms with Gasteiger partial charge in [-0.2, -0.15) is 0 Å². The Balaban J connectivity index is 1.58. The van der Waals surface area contributed by atoms with Crippen LogP contribution in [0.5, 0.6) is 11.5 Å². The maximum atomic E-state index is 11.9. The molecule has 3 rings (SSSR count). The molecule has 2 heterocycles. The van der Waals surface area contributed by atoms with E-state index in [0.29, 0.717) is 30.0 Å². The molecule has 1 N–H and O–H groups in total. The summed E-state index contributed by atoms with van der Waals surface area (Å²) in [6.45, 7) is 0.701. The van der Waals surface area contributed by atoms with Crippen molar-refractivity contribution in [3.63, 3.8) is 0 Å². The van der Waals surface area contributed by atoms with Crippen LogP contribution in [0.15, 0.2) is 35.3 Å². The highest BCUT2D eigenvalue weighted by atomic mass is 16.7. The van der Waals surface area contributed by atoms with Gasteiger partial charge in [0, 0.05) is 18.5 Å². The number of hydrogen-bond acceptors (Lipinski definition) is 5. The van der Waals surface area contributed by atoms with E-state index < -0.39 is 0 Å². The number of carbonyl (C=O) groups is 1. The normalized spacial score (nSPS) is 12.4. The number of rotatable bonds is 4. The lowest BCUT2D eigenvalue weighted by molar-refractivity contribution is 0.0953. The number of nitrogens with one attached hydrogen (secondary N) is 1. The van der Waals surface area contributed by atoms with Crippen molar-refractivity contribution < 1.29 is 18.7 Å². The van der Waals surface area contributed by atoms with Crippen LogP contribution in [0.4, 0.5) is 0 Å². The molecule has 1 aliphatic rings. The Morgan fingerprint density at radius 3 is 3.05 bits per heavy atom. The highest BCUT2D eigenvalue weighted by molar-refractivity contribution is 5.94. The lowest BCUT2D eigenvalue weighted by Gasteiger charge is -2.04. The maximum absolute atomic E-state index is 11.9. The molecule has 1 amide bonds. The lowest BCUT2D eigenvalue weighted by atomic mass is 10.2. The zero-order valence-corrected chi connectivity index (χ0v) is 10.1. The van der Waals surface area contributed by atoms with E-state index >= 15 is 0 Å². The summed E-state index contributed by atoms with van der Waals surface area (Å²) in [7, 11) is 0. The molecule has 6 heteroatoms. The van der Waals surface area contributed by atoms with E-state index in [9.17, 15) is 4.79 Å².